The predicted octanol–water partition coefficient (Wildman–Crippen LogP) is 6.06. The van der Waals surface area contributed by atoms with E-state index in [1.165, 1.54) is 0 Å². The second-order valence-corrected chi connectivity index (χ2v) is 17.7. The summed E-state index contributed by atoms with van der Waals surface area (Å²) in [7, 11) is -0.560. The Morgan fingerprint density at radius 3 is 2.19 bits per heavy atom. The van der Waals surface area contributed by atoms with E-state index in [4.69, 9.17) is 19.8 Å². The number of nitrogens with zero attached hydrogens (tertiary/aromatic N) is 2. The Bertz CT molecular complexity index is 1230. The van der Waals surface area contributed by atoms with Crippen LogP contribution in [0.3, 0.4) is 0 Å². The summed E-state index contributed by atoms with van der Waals surface area (Å²) in [5, 5.41) is 11.5. The third kappa shape index (κ3) is 14.0. The van der Waals surface area contributed by atoms with E-state index < -0.39 is 18.8 Å². The number of hydrogen-bond acceptors (Lipinski definition) is 9. The first-order chi connectivity index (χ1) is 25.0. The number of alkyl carbamates (subject to hydrolysis) is 1. The van der Waals surface area contributed by atoms with Crippen molar-refractivity contribution in [3.63, 3.8) is 0 Å². The molecular weight excluding hydrogens is 677 g/mol. The second-order valence-electron chi connectivity index (χ2n) is 17.7. The summed E-state index contributed by atoms with van der Waals surface area (Å²) >= 11 is 0. The molecule has 0 spiro atoms. The number of unbranched alkanes of at least 4 members (excludes halogenated alkanes) is 8. The first-order valence-corrected chi connectivity index (χ1v) is 20.2. The number of carbonyl (C=O) groups excluding carboxylic acids is 3. The largest absolute Gasteiger partial charge is 0.481 e. The molecule has 4 aliphatic rings. The molecule has 1 saturated heterocycles. The van der Waals surface area contributed by atoms with Crippen LogP contribution in [0.15, 0.2) is 10.3 Å². The second kappa shape index (κ2) is 20.7. The topological polar surface area (TPSA) is 195 Å². The van der Waals surface area contributed by atoms with Crippen molar-refractivity contribution in [1.82, 2.24) is 21.4 Å². The molecule has 14 nitrogen and oxygen atoms in total. The summed E-state index contributed by atoms with van der Waals surface area (Å²) < 4.78 is 18.6. The van der Waals surface area contributed by atoms with E-state index >= 15 is 0 Å². The van der Waals surface area contributed by atoms with Gasteiger partial charge < -0.3 is 35.7 Å². The van der Waals surface area contributed by atoms with Gasteiger partial charge in [0.15, 0.2) is 0 Å². The quantitative estimate of drug-likeness (QED) is 0.0206. The molecule has 3 saturated carbocycles. The maximum Gasteiger partial charge on any atom is 0.481 e. The summed E-state index contributed by atoms with van der Waals surface area (Å²) in [5.41, 5.74) is 7.03. The highest BCUT2D eigenvalue weighted by molar-refractivity contribution is 6.48. The lowest BCUT2D eigenvalue weighted by molar-refractivity contribution is -0.199. The zero-order chi connectivity index (χ0) is 39.2. The van der Waals surface area contributed by atoms with Crippen LogP contribution in [-0.2, 0) is 23.6 Å². The molecule has 0 aromatic carbocycles. The molecule has 15 heteroatoms. The molecule has 53 heavy (non-hydrogen) atoms. The van der Waals surface area contributed by atoms with Gasteiger partial charge in [-0.1, -0.05) is 72.6 Å². The van der Waals surface area contributed by atoms with Gasteiger partial charge in [-0.05, 0) is 95.8 Å². The minimum absolute atomic E-state index is 0.00363. The first-order valence-electron chi connectivity index (χ1n) is 20.2. The van der Waals surface area contributed by atoms with Crippen LogP contribution in [0.1, 0.15) is 152 Å². The highest BCUT2D eigenvalue weighted by Gasteiger charge is 2.68. The van der Waals surface area contributed by atoms with Crippen LogP contribution < -0.4 is 27.1 Å². The van der Waals surface area contributed by atoms with Crippen molar-refractivity contribution < 1.29 is 28.4 Å². The van der Waals surface area contributed by atoms with Crippen molar-refractivity contribution in [3.8, 4) is 0 Å². The third-order valence-corrected chi connectivity index (χ3v) is 11.3. The molecule has 1 aliphatic heterocycles. The molecule has 4 rings (SSSR count). The predicted molar refractivity (Wildman–Crippen MR) is 208 cm³/mol. The minimum atomic E-state index is -0.768. The van der Waals surface area contributed by atoms with Crippen molar-refractivity contribution in [1.29, 1.82) is 0 Å². The van der Waals surface area contributed by atoms with Crippen molar-refractivity contribution in [2.75, 3.05) is 13.1 Å². The zero-order valence-electron chi connectivity index (χ0n) is 33.9. The number of guanidine groups is 1. The zero-order valence-corrected chi connectivity index (χ0v) is 33.9. The average molecular weight is 748 g/mol. The van der Waals surface area contributed by atoms with Gasteiger partial charge in [0.2, 0.25) is 17.8 Å². The molecule has 1 heterocycles. The molecule has 3 aliphatic carbocycles. The number of nitroso groups, excluding NO2 is 1. The fourth-order valence-corrected chi connectivity index (χ4v) is 8.37. The lowest BCUT2D eigenvalue weighted by Gasteiger charge is -2.64. The lowest BCUT2D eigenvalue weighted by atomic mass is 9.43. The number of nitrogens with two attached hydrogens (primary N) is 1. The average Bonchev–Trinajstić information content (AvgIpc) is 3.42. The molecule has 4 fully saturated rings. The van der Waals surface area contributed by atoms with Crippen molar-refractivity contribution in [3.05, 3.63) is 4.91 Å². The van der Waals surface area contributed by atoms with Gasteiger partial charge in [-0.3, -0.25) is 14.6 Å². The fraction of sp³-hybridized carbons (Fsp3) is 0.895. The molecular formula is C38H70BN7O7. The number of nitrogens with one attached hydrogen (secondary N) is 4. The summed E-state index contributed by atoms with van der Waals surface area (Å²) in [5.74, 6) is 0.425. The summed E-state index contributed by atoms with van der Waals surface area (Å²) in [6.45, 7) is 17.5. The Labute approximate surface area is 318 Å². The highest BCUT2D eigenvalue weighted by Crippen LogP contribution is 2.65. The van der Waals surface area contributed by atoms with Crippen molar-refractivity contribution in [2.45, 2.75) is 181 Å². The van der Waals surface area contributed by atoms with Crippen LogP contribution in [0.2, 0.25) is 0 Å². The molecule has 6 N–H and O–H groups in total. The SMILES string of the molecule is CC(C)C[C@H](NC(=O)[C@H](CCCN=C(N)NN=O)NC(=O)CCCCCCCCCCCNC(=O)OC(C)(C)C)B1O[C@@H]2C[C@@H]3C[C@@H](C3(C)C)[C@]2(C)O1. The number of aliphatic imine (C=N–C) groups is 1. The number of ether oxygens (including phenoxy) is 1. The molecule has 6 atom stereocenters. The number of rotatable bonds is 23. The van der Waals surface area contributed by atoms with Gasteiger partial charge in [0.1, 0.15) is 11.6 Å². The van der Waals surface area contributed by atoms with Crippen molar-refractivity contribution in [2.24, 2.45) is 39.2 Å². The van der Waals surface area contributed by atoms with Crippen molar-refractivity contribution >= 4 is 31.0 Å². The molecule has 0 aromatic heterocycles. The Morgan fingerprint density at radius 2 is 1.58 bits per heavy atom. The normalized spacial score (nSPS) is 24.4. The number of hydrogen-bond donors (Lipinski definition) is 5. The van der Waals surface area contributed by atoms with E-state index in [0.29, 0.717) is 44.1 Å². The smallest absolute Gasteiger partial charge is 0.444 e. The van der Waals surface area contributed by atoms with Gasteiger partial charge >= 0.3 is 13.2 Å². The maximum atomic E-state index is 13.9. The van der Waals surface area contributed by atoms with E-state index in [0.717, 1.165) is 70.6 Å². The highest BCUT2D eigenvalue weighted by atomic mass is 16.7. The molecule has 0 unspecified atom stereocenters. The van der Waals surface area contributed by atoms with Gasteiger partial charge in [0, 0.05) is 19.5 Å². The first kappa shape index (κ1) is 44.5. The van der Waals surface area contributed by atoms with Crippen LogP contribution in [-0.4, -0.2) is 73.4 Å². The number of amides is 3. The van der Waals surface area contributed by atoms with Gasteiger partial charge in [-0.25, -0.2) is 10.2 Å². The van der Waals surface area contributed by atoms with Gasteiger partial charge in [0.25, 0.3) is 0 Å². The Hall–Kier alpha value is -2.94. The third-order valence-electron chi connectivity index (χ3n) is 11.3. The lowest BCUT2D eigenvalue weighted by Crippen LogP contribution is -2.65. The van der Waals surface area contributed by atoms with E-state index in [1.54, 1.807) is 0 Å². The van der Waals surface area contributed by atoms with E-state index in [9.17, 15) is 19.3 Å². The molecule has 3 amide bonds. The fourth-order valence-electron chi connectivity index (χ4n) is 8.37. The monoisotopic (exact) mass is 748 g/mol. The Balaban J connectivity index is 1.43. The maximum absolute atomic E-state index is 13.9. The van der Waals surface area contributed by atoms with Crippen LogP contribution >= 0.6 is 0 Å². The Kier molecular flexibility index (Phi) is 17.3. The molecule has 302 valence electrons. The van der Waals surface area contributed by atoms with E-state index in [2.05, 4.69) is 66.3 Å². The van der Waals surface area contributed by atoms with Gasteiger partial charge in [0.05, 0.1) is 22.9 Å². The van der Waals surface area contributed by atoms with E-state index in [1.807, 2.05) is 20.8 Å². The molecule has 0 aromatic rings. The summed E-state index contributed by atoms with van der Waals surface area (Å²) in [4.78, 5) is 53.2. The van der Waals surface area contributed by atoms with Gasteiger partial charge in [-0.2, -0.15) is 0 Å². The van der Waals surface area contributed by atoms with Crippen LogP contribution in [0.5, 0.6) is 0 Å². The van der Waals surface area contributed by atoms with Gasteiger partial charge in [-0.15, -0.1) is 4.91 Å². The van der Waals surface area contributed by atoms with Crippen LogP contribution in [0, 0.1) is 28.1 Å². The minimum Gasteiger partial charge on any atom is -0.444 e. The van der Waals surface area contributed by atoms with Crippen LogP contribution in [0.4, 0.5) is 4.79 Å². The Morgan fingerprint density at radius 1 is 0.943 bits per heavy atom. The van der Waals surface area contributed by atoms with Crippen LogP contribution in [0.25, 0.3) is 0 Å². The summed E-state index contributed by atoms with van der Waals surface area (Å²) in [6, 6.07) is -0.768. The van der Waals surface area contributed by atoms with E-state index in [-0.39, 0.29) is 59.4 Å². The molecule has 2 bridgehead atoms. The molecule has 0 radical (unpaired) electrons. The standard InChI is InChI=1S/C38H70BN7O7/c1-26(2)23-31(39-52-30-25-27-24-29(37(27,6)7)38(30,8)53-39)44-33(48)28(19-18-22-41-34(40)45-46-50)43-32(47)20-16-14-12-10-9-11-13-15-17-21-42-35(49)51-36(3,4)5/h26-31H,9-25H2,1-8H3,(H,42,49)(H,43,47)(H,44,48)(H3,40,41,45,50)/t27-,28-,29-,30+,31-,38-/m0/s1. The summed E-state index contributed by atoms with van der Waals surface area (Å²) in [6.07, 6.45) is 12.9. The number of carbonyl (C=O) groups is 3.